The molecule has 21 heavy (non-hydrogen) atoms. The molecule has 0 aliphatic carbocycles. The van der Waals surface area contributed by atoms with Crippen LogP contribution in [0.3, 0.4) is 0 Å². The maximum absolute atomic E-state index is 11.7. The normalized spacial score (nSPS) is 26.7. The Hall–Kier alpha value is -1.12. The molecule has 0 saturated carbocycles. The van der Waals surface area contributed by atoms with Gasteiger partial charge in [-0.1, -0.05) is 13.8 Å². The lowest BCUT2D eigenvalue weighted by Gasteiger charge is -2.42. The molecule has 0 aromatic rings. The zero-order chi connectivity index (χ0) is 15.5. The average Bonchev–Trinajstić information content (AvgIpc) is 2.46. The minimum absolute atomic E-state index is 0.297. The van der Waals surface area contributed by atoms with Crippen LogP contribution in [0.15, 0.2) is 0 Å². The molecular formula is C16H26N2O3. The predicted molar refractivity (Wildman–Crippen MR) is 78.7 cm³/mol. The number of likely N-dealkylation sites (tertiary alicyclic amines) is 1. The molecule has 2 aliphatic heterocycles. The molecule has 0 spiro atoms. The van der Waals surface area contributed by atoms with Gasteiger partial charge in [0, 0.05) is 13.2 Å². The van der Waals surface area contributed by atoms with Crippen molar-refractivity contribution in [3.05, 3.63) is 0 Å². The van der Waals surface area contributed by atoms with Crippen LogP contribution < -0.4 is 0 Å². The van der Waals surface area contributed by atoms with Crippen LogP contribution in [-0.2, 0) is 9.53 Å². The molecule has 0 bridgehead atoms. The number of rotatable bonds is 4. The monoisotopic (exact) mass is 294 g/mol. The third kappa shape index (κ3) is 3.96. The Morgan fingerprint density at radius 2 is 1.86 bits per heavy atom. The van der Waals surface area contributed by atoms with E-state index in [1.54, 1.807) is 0 Å². The molecule has 2 fully saturated rings. The number of nitriles is 1. The summed E-state index contributed by atoms with van der Waals surface area (Å²) in [4.78, 5) is 13.8. The highest BCUT2D eigenvalue weighted by molar-refractivity contribution is 5.73. The van der Waals surface area contributed by atoms with Gasteiger partial charge < -0.3 is 9.84 Å². The minimum atomic E-state index is -0.796. The SMILES string of the molecule is CC1(C)CCN(C(CC2(C#N)CCOCC2)C(=O)O)CC1. The first-order chi connectivity index (χ1) is 9.87. The molecule has 0 radical (unpaired) electrons. The van der Waals surface area contributed by atoms with Crippen molar-refractivity contribution in [2.75, 3.05) is 26.3 Å². The van der Waals surface area contributed by atoms with Gasteiger partial charge in [0.25, 0.3) is 0 Å². The molecule has 2 heterocycles. The Balaban J connectivity index is 2.06. The summed E-state index contributed by atoms with van der Waals surface area (Å²) < 4.78 is 5.33. The van der Waals surface area contributed by atoms with Crippen LogP contribution in [0.25, 0.3) is 0 Å². The number of carbonyl (C=O) groups is 1. The van der Waals surface area contributed by atoms with Crippen molar-refractivity contribution in [3.8, 4) is 6.07 Å². The molecule has 0 aromatic heterocycles. The number of piperidine rings is 1. The Bertz CT molecular complexity index is 412. The summed E-state index contributed by atoms with van der Waals surface area (Å²) in [6.07, 6.45) is 3.74. The van der Waals surface area contributed by atoms with Gasteiger partial charge in [0.2, 0.25) is 0 Å². The summed E-state index contributed by atoms with van der Waals surface area (Å²) in [6, 6.07) is 1.85. The number of carboxylic acids is 1. The van der Waals surface area contributed by atoms with E-state index >= 15 is 0 Å². The Kier molecular flexibility index (Phi) is 4.90. The van der Waals surface area contributed by atoms with Crippen molar-refractivity contribution in [2.24, 2.45) is 10.8 Å². The van der Waals surface area contributed by atoms with E-state index in [2.05, 4.69) is 24.8 Å². The van der Waals surface area contributed by atoms with Gasteiger partial charge in [0.05, 0.1) is 11.5 Å². The molecule has 0 amide bonds. The highest BCUT2D eigenvalue weighted by Crippen LogP contribution is 2.38. The lowest BCUT2D eigenvalue weighted by atomic mass is 9.75. The maximum Gasteiger partial charge on any atom is 0.320 e. The maximum atomic E-state index is 11.7. The Morgan fingerprint density at radius 3 is 2.33 bits per heavy atom. The molecule has 5 nitrogen and oxygen atoms in total. The van der Waals surface area contributed by atoms with E-state index in [-0.39, 0.29) is 0 Å². The van der Waals surface area contributed by atoms with Gasteiger partial charge in [-0.25, -0.2) is 0 Å². The van der Waals surface area contributed by atoms with E-state index in [1.807, 2.05) is 0 Å². The number of hydrogen-bond acceptors (Lipinski definition) is 4. The van der Waals surface area contributed by atoms with E-state index in [4.69, 9.17) is 4.74 Å². The Morgan fingerprint density at radius 1 is 1.29 bits per heavy atom. The summed E-state index contributed by atoms with van der Waals surface area (Å²) in [6.45, 7) is 7.20. The van der Waals surface area contributed by atoms with Gasteiger partial charge in [-0.05, 0) is 50.6 Å². The van der Waals surface area contributed by atoms with Crippen LogP contribution in [0, 0.1) is 22.2 Å². The molecule has 2 saturated heterocycles. The number of nitrogens with zero attached hydrogens (tertiary/aromatic N) is 2. The van der Waals surface area contributed by atoms with Crippen molar-refractivity contribution < 1.29 is 14.6 Å². The quantitative estimate of drug-likeness (QED) is 0.861. The fourth-order valence-corrected chi connectivity index (χ4v) is 3.31. The van der Waals surface area contributed by atoms with Crippen LogP contribution in [0.1, 0.15) is 46.0 Å². The topological polar surface area (TPSA) is 73.6 Å². The molecule has 2 rings (SSSR count). The van der Waals surface area contributed by atoms with Crippen molar-refractivity contribution in [1.29, 1.82) is 5.26 Å². The van der Waals surface area contributed by atoms with Gasteiger partial charge in [-0.3, -0.25) is 9.69 Å². The molecule has 1 unspecified atom stereocenters. The first-order valence-electron chi connectivity index (χ1n) is 7.83. The molecule has 0 aromatic carbocycles. The van der Waals surface area contributed by atoms with E-state index in [0.717, 1.165) is 25.9 Å². The Labute approximate surface area is 126 Å². The van der Waals surface area contributed by atoms with Gasteiger partial charge >= 0.3 is 5.97 Å². The fraction of sp³-hybridized carbons (Fsp3) is 0.875. The van der Waals surface area contributed by atoms with E-state index in [9.17, 15) is 15.2 Å². The second-order valence-corrected chi connectivity index (χ2v) is 7.26. The number of ether oxygens (including phenoxy) is 1. The smallest absolute Gasteiger partial charge is 0.320 e. The second-order valence-electron chi connectivity index (χ2n) is 7.26. The average molecular weight is 294 g/mol. The first-order valence-corrected chi connectivity index (χ1v) is 7.83. The molecule has 1 N–H and O–H groups in total. The predicted octanol–water partition coefficient (Wildman–Crippen LogP) is 2.27. The first kappa shape index (κ1) is 16.3. The van der Waals surface area contributed by atoms with E-state index < -0.39 is 17.4 Å². The van der Waals surface area contributed by atoms with Gasteiger partial charge in [-0.15, -0.1) is 0 Å². The van der Waals surface area contributed by atoms with Crippen LogP contribution in [0.4, 0.5) is 0 Å². The minimum Gasteiger partial charge on any atom is -0.480 e. The third-order valence-electron chi connectivity index (χ3n) is 5.15. The zero-order valence-electron chi connectivity index (χ0n) is 13.1. The molecule has 118 valence electrons. The molecule has 5 heteroatoms. The van der Waals surface area contributed by atoms with Crippen LogP contribution >= 0.6 is 0 Å². The largest absolute Gasteiger partial charge is 0.480 e. The number of hydrogen-bond donors (Lipinski definition) is 1. The van der Waals surface area contributed by atoms with E-state index in [0.29, 0.717) is 37.9 Å². The summed E-state index contributed by atoms with van der Waals surface area (Å²) >= 11 is 0. The highest BCUT2D eigenvalue weighted by Gasteiger charge is 2.41. The van der Waals surface area contributed by atoms with E-state index in [1.165, 1.54) is 0 Å². The van der Waals surface area contributed by atoms with Crippen LogP contribution in [0.2, 0.25) is 0 Å². The van der Waals surface area contributed by atoms with Crippen molar-refractivity contribution in [2.45, 2.75) is 52.0 Å². The second kappa shape index (κ2) is 6.33. The van der Waals surface area contributed by atoms with Crippen molar-refractivity contribution >= 4 is 5.97 Å². The van der Waals surface area contributed by atoms with Crippen molar-refractivity contribution in [3.63, 3.8) is 0 Å². The third-order valence-corrected chi connectivity index (χ3v) is 5.15. The molecule has 2 aliphatic rings. The number of carboxylic acid groups (broad SMARTS) is 1. The zero-order valence-corrected chi connectivity index (χ0v) is 13.1. The lowest BCUT2D eigenvalue weighted by molar-refractivity contribution is -0.146. The van der Waals surface area contributed by atoms with Gasteiger partial charge in [-0.2, -0.15) is 5.26 Å². The van der Waals surface area contributed by atoms with Crippen LogP contribution in [0.5, 0.6) is 0 Å². The summed E-state index contributed by atoms with van der Waals surface area (Å²) in [5.41, 5.74) is -0.237. The summed E-state index contributed by atoms with van der Waals surface area (Å²) in [5.74, 6) is -0.796. The highest BCUT2D eigenvalue weighted by atomic mass is 16.5. The molecule has 1 atom stereocenters. The fourth-order valence-electron chi connectivity index (χ4n) is 3.31. The van der Waals surface area contributed by atoms with Gasteiger partial charge in [0.15, 0.2) is 0 Å². The summed E-state index contributed by atoms with van der Waals surface area (Å²) in [5, 5.41) is 19.2. The van der Waals surface area contributed by atoms with Crippen LogP contribution in [-0.4, -0.2) is 48.3 Å². The van der Waals surface area contributed by atoms with Crippen molar-refractivity contribution in [1.82, 2.24) is 4.90 Å². The lowest BCUT2D eigenvalue weighted by Crippen LogP contribution is -2.50. The molecular weight excluding hydrogens is 268 g/mol. The summed E-state index contributed by atoms with van der Waals surface area (Å²) in [7, 11) is 0. The van der Waals surface area contributed by atoms with Gasteiger partial charge in [0.1, 0.15) is 6.04 Å². The standard InChI is InChI=1S/C16H26N2O3/c1-15(2)3-7-18(8-4-15)13(14(19)20)11-16(12-17)5-9-21-10-6-16/h13H,3-11H2,1-2H3,(H,19,20). The number of aliphatic carboxylic acids is 1.